The van der Waals surface area contributed by atoms with E-state index >= 15 is 0 Å². The molecule has 250 valence electrons. The van der Waals surface area contributed by atoms with Crippen molar-refractivity contribution in [3.63, 3.8) is 0 Å². The Balaban J connectivity index is 1.03. The summed E-state index contributed by atoms with van der Waals surface area (Å²) >= 11 is 7.47. The number of aromatic nitrogens is 3. The van der Waals surface area contributed by atoms with Gasteiger partial charge in [-0.05, 0) is 36.4 Å². The molecular weight excluding hydrogens is 663 g/mol. The second kappa shape index (κ2) is 14.0. The molecule has 1 fully saturated rings. The molecule has 1 aliphatic heterocycles. The van der Waals surface area contributed by atoms with Gasteiger partial charge in [0.15, 0.2) is 0 Å². The van der Waals surface area contributed by atoms with Crippen LogP contribution in [0.1, 0.15) is 41.1 Å². The van der Waals surface area contributed by atoms with Crippen LogP contribution >= 0.6 is 22.9 Å². The van der Waals surface area contributed by atoms with Crippen LogP contribution in [0.3, 0.4) is 0 Å². The SMILES string of the molecule is Cn1cc(NC(=O)c2cc(NC(=O)c3cc(NC(=O)c4sc5ccc(F)cc5c4Cl)c[nH]3)cn2C)cc1C(=O)NCCN1CCOCC1. The Kier molecular flexibility index (Phi) is 9.63. The number of nitrogens with zero attached hydrogens (tertiary/aromatic N) is 3. The summed E-state index contributed by atoms with van der Waals surface area (Å²) in [5.74, 6) is -2.14. The van der Waals surface area contributed by atoms with E-state index in [0.717, 1.165) is 31.0 Å². The Morgan fingerprint density at radius 2 is 1.52 bits per heavy atom. The van der Waals surface area contributed by atoms with Gasteiger partial charge in [-0.25, -0.2) is 4.39 Å². The number of rotatable bonds is 10. The zero-order chi connectivity index (χ0) is 33.9. The zero-order valence-electron chi connectivity index (χ0n) is 26.0. The molecule has 0 aliphatic carbocycles. The van der Waals surface area contributed by atoms with Crippen LogP contribution in [0, 0.1) is 5.82 Å². The number of thiophene rings is 1. The van der Waals surface area contributed by atoms with Crippen LogP contribution in [0.25, 0.3) is 10.1 Å². The lowest BCUT2D eigenvalue weighted by Crippen LogP contribution is -2.41. The fourth-order valence-electron chi connectivity index (χ4n) is 5.32. The lowest BCUT2D eigenvalue weighted by Gasteiger charge is -2.26. The topological polar surface area (TPSA) is 155 Å². The number of nitrogens with one attached hydrogen (secondary N) is 5. The van der Waals surface area contributed by atoms with Crippen LogP contribution in [0.5, 0.6) is 0 Å². The van der Waals surface area contributed by atoms with E-state index in [4.69, 9.17) is 16.3 Å². The van der Waals surface area contributed by atoms with E-state index in [0.29, 0.717) is 52.6 Å². The van der Waals surface area contributed by atoms with Crippen molar-refractivity contribution in [1.29, 1.82) is 0 Å². The van der Waals surface area contributed by atoms with Crippen molar-refractivity contribution >= 4 is 73.7 Å². The third kappa shape index (κ3) is 7.28. The largest absolute Gasteiger partial charge is 0.379 e. The van der Waals surface area contributed by atoms with Crippen molar-refractivity contribution in [2.24, 2.45) is 14.1 Å². The summed E-state index contributed by atoms with van der Waals surface area (Å²) in [5, 5.41) is 11.7. The first kappa shape index (κ1) is 33.0. The Labute approximate surface area is 283 Å². The van der Waals surface area contributed by atoms with Gasteiger partial charge in [-0.15, -0.1) is 11.3 Å². The number of fused-ring (bicyclic) bond motifs is 1. The smallest absolute Gasteiger partial charge is 0.272 e. The first-order valence-electron chi connectivity index (χ1n) is 15.0. The lowest BCUT2D eigenvalue weighted by molar-refractivity contribution is 0.0383. The fourth-order valence-corrected chi connectivity index (χ4v) is 6.71. The molecule has 5 aromatic rings. The first-order valence-corrected chi connectivity index (χ1v) is 16.2. The van der Waals surface area contributed by atoms with Gasteiger partial charge in [0.05, 0.1) is 35.3 Å². The second-order valence-corrected chi connectivity index (χ2v) is 12.6. The minimum absolute atomic E-state index is 0.151. The van der Waals surface area contributed by atoms with E-state index in [-0.39, 0.29) is 27.2 Å². The van der Waals surface area contributed by atoms with Crippen LogP contribution < -0.4 is 21.3 Å². The van der Waals surface area contributed by atoms with E-state index in [1.165, 1.54) is 30.5 Å². The molecule has 5 N–H and O–H groups in total. The van der Waals surface area contributed by atoms with E-state index < -0.39 is 23.5 Å². The van der Waals surface area contributed by atoms with Gasteiger partial charge in [0, 0.05) is 69.0 Å². The summed E-state index contributed by atoms with van der Waals surface area (Å²) < 4.78 is 22.9. The number of aromatic amines is 1. The summed E-state index contributed by atoms with van der Waals surface area (Å²) in [6, 6.07) is 8.71. The summed E-state index contributed by atoms with van der Waals surface area (Å²) in [6.07, 6.45) is 4.69. The highest BCUT2D eigenvalue weighted by Crippen LogP contribution is 2.36. The summed E-state index contributed by atoms with van der Waals surface area (Å²) in [7, 11) is 3.39. The molecule has 5 heterocycles. The van der Waals surface area contributed by atoms with Crippen LogP contribution in [0.2, 0.25) is 5.02 Å². The Morgan fingerprint density at radius 3 is 2.23 bits per heavy atom. The minimum Gasteiger partial charge on any atom is -0.379 e. The number of H-pyrrole nitrogens is 1. The Hall–Kier alpha value is -4.96. The van der Waals surface area contributed by atoms with Gasteiger partial charge in [-0.1, -0.05) is 11.6 Å². The molecule has 1 saturated heterocycles. The number of ether oxygens (including phenoxy) is 1. The molecule has 0 unspecified atom stereocenters. The average molecular weight is 695 g/mol. The number of hydrogen-bond acceptors (Lipinski definition) is 7. The molecular formula is C32H32ClFN8O5S. The standard InChI is InChI=1S/C32H32ClFN8O5S/c1-40-17-21(13-24(40)30(44)35-5-6-42-7-9-47-10-8-42)39-31(45)25-14-20(16-41(25)2)38-29(43)23-12-19(15-36-23)37-32(46)28-27(33)22-11-18(34)3-4-26(22)48-28/h3-4,11-17,36H,5-10H2,1-2H3,(H,35,44)(H,37,46)(H,38,43)(H,39,45). The maximum Gasteiger partial charge on any atom is 0.272 e. The molecule has 4 amide bonds. The Morgan fingerprint density at radius 1 is 0.875 bits per heavy atom. The van der Waals surface area contributed by atoms with Crippen molar-refractivity contribution in [3.05, 3.63) is 87.8 Å². The van der Waals surface area contributed by atoms with Crippen LogP contribution in [-0.2, 0) is 18.8 Å². The molecule has 0 atom stereocenters. The first-order chi connectivity index (χ1) is 23.0. The number of hydrogen-bond donors (Lipinski definition) is 5. The van der Waals surface area contributed by atoms with Crippen LogP contribution in [-0.4, -0.2) is 82.0 Å². The predicted molar refractivity (Wildman–Crippen MR) is 182 cm³/mol. The van der Waals surface area contributed by atoms with Gasteiger partial charge in [0.25, 0.3) is 23.6 Å². The van der Waals surface area contributed by atoms with E-state index in [9.17, 15) is 23.6 Å². The van der Waals surface area contributed by atoms with Crippen molar-refractivity contribution < 1.29 is 28.3 Å². The fraction of sp³-hybridized carbons (Fsp3) is 0.250. The Bertz CT molecular complexity index is 2020. The average Bonchev–Trinajstić information content (AvgIpc) is 3.84. The molecule has 1 aliphatic rings. The summed E-state index contributed by atoms with van der Waals surface area (Å²) in [5.41, 5.74) is 1.96. The third-order valence-corrected chi connectivity index (χ3v) is 9.46. The monoisotopic (exact) mass is 694 g/mol. The minimum atomic E-state index is -0.504. The van der Waals surface area contributed by atoms with Crippen molar-refractivity contribution in [3.8, 4) is 0 Å². The molecule has 6 rings (SSSR count). The number of carbonyl (C=O) groups excluding carboxylic acids is 4. The highest BCUT2D eigenvalue weighted by molar-refractivity contribution is 7.21. The maximum atomic E-state index is 13.6. The van der Waals surface area contributed by atoms with Gasteiger partial charge in [-0.3, -0.25) is 24.1 Å². The molecule has 13 nitrogen and oxygen atoms in total. The molecule has 0 radical (unpaired) electrons. The van der Waals surface area contributed by atoms with Crippen LogP contribution in [0.4, 0.5) is 21.5 Å². The van der Waals surface area contributed by atoms with Gasteiger partial charge < -0.3 is 40.1 Å². The number of anilines is 3. The molecule has 0 saturated carbocycles. The number of morpholine rings is 1. The van der Waals surface area contributed by atoms with Gasteiger partial charge in [0.1, 0.15) is 27.8 Å². The van der Waals surface area contributed by atoms with Crippen molar-refractivity contribution in [2.45, 2.75) is 0 Å². The van der Waals surface area contributed by atoms with Gasteiger partial charge >= 0.3 is 0 Å². The third-order valence-electron chi connectivity index (χ3n) is 7.79. The molecule has 1 aromatic carbocycles. The van der Waals surface area contributed by atoms with Gasteiger partial charge in [-0.2, -0.15) is 0 Å². The lowest BCUT2D eigenvalue weighted by atomic mass is 10.2. The number of aryl methyl sites for hydroxylation is 2. The number of amides is 4. The van der Waals surface area contributed by atoms with E-state index in [2.05, 4.69) is 31.2 Å². The molecule has 4 aromatic heterocycles. The van der Waals surface area contributed by atoms with Crippen LogP contribution in [0.15, 0.2) is 55.0 Å². The predicted octanol–water partition coefficient (Wildman–Crippen LogP) is 4.52. The molecule has 16 heteroatoms. The maximum absolute atomic E-state index is 13.6. The zero-order valence-corrected chi connectivity index (χ0v) is 27.6. The highest BCUT2D eigenvalue weighted by Gasteiger charge is 2.21. The number of benzene rings is 1. The van der Waals surface area contributed by atoms with Crippen molar-refractivity contribution in [2.75, 3.05) is 55.3 Å². The van der Waals surface area contributed by atoms with E-state index in [1.807, 2.05) is 0 Å². The number of halogens is 2. The highest BCUT2D eigenvalue weighted by atomic mass is 35.5. The summed E-state index contributed by atoms with van der Waals surface area (Å²) in [6.45, 7) is 4.27. The quantitative estimate of drug-likeness (QED) is 0.145. The van der Waals surface area contributed by atoms with E-state index in [1.54, 1.807) is 47.8 Å². The van der Waals surface area contributed by atoms with Crippen molar-refractivity contribution in [1.82, 2.24) is 24.3 Å². The molecule has 48 heavy (non-hydrogen) atoms. The summed E-state index contributed by atoms with van der Waals surface area (Å²) in [4.78, 5) is 57.0. The van der Waals surface area contributed by atoms with Gasteiger partial charge in [0.2, 0.25) is 0 Å². The normalized spacial score (nSPS) is 13.4. The molecule has 0 bridgehead atoms. The molecule has 0 spiro atoms. The second-order valence-electron chi connectivity index (χ2n) is 11.2. The number of carbonyl (C=O) groups is 4.